The number of amides is 2. The molecule has 2 amide bonds. The molecule has 2 aromatic carbocycles. The Balaban J connectivity index is 1.78. The number of rotatable bonds is 6. The highest BCUT2D eigenvalue weighted by molar-refractivity contribution is 6.03. The van der Waals surface area contributed by atoms with Gasteiger partial charge in [-0.05, 0) is 36.8 Å². The second-order valence-corrected chi connectivity index (χ2v) is 6.42. The number of carboxylic acid groups (broad SMARTS) is 1. The van der Waals surface area contributed by atoms with E-state index in [4.69, 9.17) is 9.84 Å². The number of nitrogens with one attached hydrogen (secondary N) is 1. The van der Waals surface area contributed by atoms with Crippen LogP contribution in [-0.4, -0.2) is 35.5 Å². The number of carbonyl (C=O) groups excluding carboxylic acids is 2. The summed E-state index contributed by atoms with van der Waals surface area (Å²) in [5.41, 5.74) is 0.927. The molecule has 0 saturated carbocycles. The number of nitrogens with zero attached hydrogens (tertiary/aromatic N) is 1. The maximum absolute atomic E-state index is 13.1. The molecule has 1 aliphatic heterocycles. The lowest BCUT2D eigenvalue weighted by Crippen LogP contribution is -2.49. The van der Waals surface area contributed by atoms with Crippen molar-refractivity contribution in [3.8, 4) is 5.75 Å². The second kappa shape index (κ2) is 8.08. The zero-order valence-corrected chi connectivity index (χ0v) is 15.1. The first-order valence-corrected chi connectivity index (χ1v) is 8.69. The van der Waals surface area contributed by atoms with Crippen LogP contribution < -0.4 is 15.0 Å². The van der Waals surface area contributed by atoms with Crippen molar-refractivity contribution in [1.82, 2.24) is 5.32 Å². The van der Waals surface area contributed by atoms with Crippen LogP contribution in [0, 0.1) is 5.82 Å². The SMILES string of the molecule is C[C@H]1Oc2ccccc2N(CC(=O)N[C@@H](CC(=O)O)c2ccc(F)cc2)C1=O. The summed E-state index contributed by atoms with van der Waals surface area (Å²) >= 11 is 0. The van der Waals surface area contributed by atoms with Crippen LogP contribution in [0.15, 0.2) is 48.5 Å². The summed E-state index contributed by atoms with van der Waals surface area (Å²) < 4.78 is 18.7. The van der Waals surface area contributed by atoms with E-state index in [1.165, 1.54) is 29.2 Å². The van der Waals surface area contributed by atoms with E-state index < -0.39 is 29.8 Å². The standard InChI is InChI=1S/C20H19FN2O5/c1-12-20(27)23(16-4-2-3-5-17(16)28-12)11-18(24)22-15(10-19(25)26)13-6-8-14(21)9-7-13/h2-9,12,15H,10-11H2,1H3,(H,22,24)(H,25,26)/t12-,15+/m1/s1. The maximum atomic E-state index is 13.1. The van der Waals surface area contributed by atoms with E-state index in [1.54, 1.807) is 31.2 Å². The van der Waals surface area contributed by atoms with Crippen LogP contribution in [0.5, 0.6) is 5.75 Å². The van der Waals surface area contributed by atoms with Crippen molar-refractivity contribution in [2.45, 2.75) is 25.5 Å². The minimum Gasteiger partial charge on any atom is -0.481 e. The maximum Gasteiger partial charge on any atom is 0.305 e. The van der Waals surface area contributed by atoms with Crippen LogP contribution in [0.2, 0.25) is 0 Å². The third-order valence-electron chi connectivity index (χ3n) is 4.36. The van der Waals surface area contributed by atoms with Gasteiger partial charge in [-0.25, -0.2) is 4.39 Å². The molecule has 2 N–H and O–H groups in total. The first kappa shape index (κ1) is 19.3. The zero-order valence-electron chi connectivity index (χ0n) is 15.1. The van der Waals surface area contributed by atoms with Crippen molar-refractivity contribution >= 4 is 23.5 Å². The molecular weight excluding hydrogens is 367 g/mol. The van der Waals surface area contributed by atoms with Crippen LogP contribution in [-0.2, 0) is 14.4 Å². The zero-order chi connectivity index (χ0) is 20.3. The first-order valence-electron chi connectivity index (χ1n) is 8.69. The molecule has 1 heterocycles. The van der Waals surface area contributed by atoms with Gasteiger partial charge in [-0.3, -0.25) is 19.3 Å². The Labute approximate surface area is 160 Å². The summed E-state index contributed by atoms with van der Waals surface area (Å²) in [6.07, 6.45) is -1.11. The number of hydrogen-bond acceptors (Lipinski definition) is 4. The molecule has 0 aromatic heterocycles. The topological polar surface area (TPSA) is 95.9 Å². The van der Waals surface area contributed by atoms with Crippen molar-refractivity contribution in [3.05, 3.63) is 59.9 Å². The molecule has 146 valence electrons. The summed E-state index contributed by atoms with van der Waals surface area (Å²) in [7, 11) is 0. The van der Waals surface area contributed by atoms with Gasteiger partial charge in [-0.2, -0.15) is 0 Å². The summed E-state index contributed by atoms with van der Waals surface area (Å²) in [5.74, 6) is -1.99. The van der Waals surface area contributed by atoms with E-state index in [2.05, 4.69) is 5.32 Å². The molecule has 8 heteroatoms. The number of anilines is 1. The molecule has 7 nitrogen and oxygen atoms in total. The van der Waals surface area contributed by atoms with Crippen molar-refractivity contribution in [1.29, 1.82) is 0 Å². The number of benzene rings is 2. The van der Waals surface area contributed by atoms with Gasteiger partial charge >= 0.3 is 5.97 Å². The van der Waals surface area contributed by atoms with Gasteiger partial charge in [0.1, 0.15) is 18.1 Å². The van der Waals surface area contributed by atoms with E-state index >= 15 is 0 Å². The quantitative estimate of drug-likeness (QED) is 0.794. The number of hydrogen-bond donors (Lipinski definition) is 2. The number of fused-ring (bicyclic) bond motifs is 1. The first-order chi connectivity index (χ1) is 13.3. The smallest absolute Gasteiger partial charge is 0.305 e. The Hall–Kier alpha value is -3.42. The lowest BCUT2D eigenvalue weighted by atomic mass is 10.0. The number of carbonyl (C=O) groups is 3. The van der Waals surface area contributed by atoms with Gasteiger partial charge in [0.2, 0.25) is 5.91 Å². The fourth-order valence-electron chi connectivity index (χ4n) is 3.03. The van der Waals surface area contributed by atoms with E-state index in [0.717, 1.165) is 0 Å². The van der Waals surface area contributed by atoms with Crippen molar-refractivity contribution in [2.24, 2.45) is 0 Å². The van der Waals surface area contributed by atoms with E-state index in [1.807, 2.05) is 0 Å². The molecule has 2 atom stereocenters. The van der Waals surface area contributed by atoms with Gasteiger partial charge in [0.15, 0.2) is 6.10 Å². The molecule has 3 rings (SSSR count). The Morgan fingerprint density at radius 2 is 1.89 bits per heavy atom. The van der Waals surface area contributed by atoms with E-state index in [0.29, 0.717) is 17.0 Å². The number of para-hydroxylation sites is 2. The molecule has 2 aromatic rings. The fourth-order valence-corrected chi connectivity index (χ4v) is 3.03. The van der Waals surface area contributed by atoms with Crippen LogP contribution in [0.3, 0.4) is 0 Å². The predicted octanol–water partition coefficient (Wildman–Crippen LogP) is 2.27. The molecule has 0 bridgehead atoms. The monoisotopic (exact) mass is 386 g/mol. The largest absolute Gasteiger partial charge is 0.481 e. The Bertz CT molecular complexity index is 900. The lowest BCUT2D eigenvalue weighted by molar-refractivity contribution is -0.138. The average Bonchev–Trinajstić information content (AvgIpc) is 2.65. The highest BCUT2D eigenvalue weighted by atomic mass is 19.1. The Morgan fingerprint density at radius 1 is 1.21 bits per heavy atom. The molecule has 0 fully saturated rings. The number of halogens is 1. The summed E-state index contributed by atoms with van der Waals surface area (Å²) in [5, 5.41) is 11.8. The number of carboxylic acids is 1. The van der Waals surface area contributed by atoms with Crippen LogP contribution in [0.25, 0.3) is 0 Å². The lowest BCUT2D eigenvalue weighted by Gasteiger charge is -2.32. The summed E-state index contributed by atoms with van der Waals surface area (Å²) in [6, 6.07) is 11.2. The van der Waals surface area contributed by atoms with Gasteiger partial charge in [0.25, 0.3) is 5.91 Å². The average molecular weight is 386 g/mol. The van der Waals surface area contributed by atoms with Gasteiger partial charge < -0.3 is 15.2 Å². The highest BCUT2D eigenvalue weighted by Crippen LogP contribution is 2.33. The molecule has 0 saturated heterocycles. The number of aliphatic carboxylic acids is 1. The summed E-state index contributed by atoms with van der Waals surface area (Å²) in [6.45, 7) is 1.30. The fraction of sp³-hybridized carbons (Fsp3) is 0.250. The molecule has 0 unspecified atom stereocenters. The Morgan fingerprint density at radius 3 is 2.57 bits per heavy atom. The predicted molar refractivity (Wildman–Crippen MR) is 98.4 cm³/mol. The van der Waals surface area contributed by atoms with Crippen LogP contribution >= 0.6 is 0 Å². The van der Waals surface area contributed by atoms with Gasteiger partial charge in [0.05, 0.1) is 18.2 Å². The third-order valence-corrected chi connectivity index (χ3v) is 4.36. The van der Waals surface area contributed by atoms with E-state index in [-0.39, 0.29) is 18.9 Å². The normalized spacial score (nSPS) is 16.7. The Kier molecular flexibility index (Phi) is 5.58. The van der Waals surface area contributed by atoms with Gasteiger partial charge in [-0.15, -0.1) is 0 Å². The number of ether oxygens (including phenoxy) is 1. The van der Waals surface area contributed by atoms with Crippen LogP contribution in [0.4, 0.5) is 10.1 Å². The minimum absolute atomic E-state index is 0.291. The second-order valence-electron chi connectivity index (χ2n) is 6.42. The molecule has 0 spiro atoms. The van der Waals surface area contributed by atoms with Crippen molar-refractivity contribution in [3.63, 3.8) is 0 Å². The third kappa shape index (κ3) is 4.28. The van der Waals surface area contributed by atoms with Gasteiger partial charge in [-0.1, -0.05) is 24.3 Å². The van der Waals surface area contributed by atoms with Crippen molar-refractivity contribution < 1.29 is 28.6 Å². The van der Waals surface area contributed by atoms with Crippen LogP contribution in [0.1, 0.15) is 24.9 Å². The molecule has 1 aliphatic rings. The van der Waals surface area contributed by atoms with Gasteiger partial charge in [0, 0.05) is 0 Å². The molecule has 0 radical (unpaired) electrons. The summed E-state index contributed by atoms with van der Waals surface area (Å²) in [4.78, 5) is 37.6. The van der Waals surface area contributed by atoms with Crippen molar-refractivity contribution in [2.75, 3.05) is 11.4 Å². The molecule has 28 heavy (non-hydrogen) atoms. The molecule has 0 aliphatic carbocycles. The van der Waals surface area contributed by atoms with E-state index in [9.17, 15) is 18.8 Å². The minimum atomic E-state index is -1.11. The highest BCUT2D eigenvalue weighted by Gasteiger charge is 2.33. The molecular formula is C20H19FN2O5.